The number of carbonyl (C=O) groups is 1. The number of nitrogens with zero attached hydrogens (tertiary/aromatic N) is 2. The molecule has 0 saturated heterocycles. The summed E-state index contributed by atoms with van der Waals surface area (Å²) in [6.45, 7) is 1.97. The van der Waals surface area contributed by atoms with Crippen molar-refractivity contribution in [2.45, 2.75) is 6.92 Å². The van der Waals surface area contributed by atoms with E-state index in [9.17, 15) is 13.2 Å². The summed E-state index contributed by atoms with van der Waals surface area (Å²) in [6, 6.07) is 8.23. The second kappa shape index (κ2) is 6.93. The van der Waals surface area contributed by atoms with Crippen molar-refractivity contribution >= 4 is 39.2 Å². The molecule has 0 spiro atoms. The maximum Gasteiger partial charge on any atom is 0.271 e. The fourth-order valence-electron chi connectivity index (χ4n) is 1.75. The van der Waals surface area contributed by atoms with Gasteiger partial charge in [-0.3, -0.25) is 9.10 Å². The van der Waals surface area contributed by atoms with Crippen LogP contribution in [0.4, 0.5) is 5.69 Å². The topological polar surface area (TPSA) is 78.8 Å². The van der Waals surface area contributed by atoms with Crippen LogP contribution >= 0.6 is 11.3 Å². The second-order valence-electron chi connectivity index (χ2n) is 4.94. The van der Waals surface area contributed by atoms with Crippen LogP contribution in [0.3, 0.4) is 0 Å². The third-order valence-corrected chi connectivity index (χ3v) is 5.40. The van der Waals surface area contributed by atoms with E-state index in [0.29, 0.717) is 11.3 Å². The molecular formula is C15H17N3O3S2. The molecule has 0 aliphatic heterocycles. The van der Waals surface area contributed by atoms with Crippen LogP contribution in [0.1, 0.15) is 20.8 Å². The maximum atomic E-state index is 12.0. The lowest BCUT2D eigenvalue weighted by atomic mass is 10.2. The first-order valence-electron chi connectivity index (χ1n) is 6.70. The number of rotatable bonds is 5. The van der Waals surface area contributed by atoms with Crippen molar-refractivity contribution in [3.63, 3.8) is 0 Å². The van der Waals surface area contributed by atoms with E-state index in [2.05, 4.69) is 10.5 Å². The molecule has 1 amide bonds. The summed E-state index contributed by atoms with van der Waals surface area (Å²) in [7, 11) is -1.87. The molecule has 0 fully saturated rings. The van der Waals surface area contributed by atoms with Crippen LogP contribution in [0.5, 0.6) is 0 Å². The number of aryl methyl sites for hydroxylation is 1. The Morgan fingerprint density at radius 3 is 2.43 bits per heavy atom. The lowest BCUT2D eigenvalue weighted by molar-refractivity contribution is 0.0955. The molecule has 8 heteroatoms. The monoisotopic (exact) mass is 351 g/mol. The highest BCUT2D eigenvalue weighted by Crippen LogP contribution is 2.16. The number of benzene rings is 1. The fraction of sp³-hybridized carbons (Fsp3) is 0.200. The molecule has 1 aromatic heterocycles. The van der Waals surface area contributed by atoms with Gasteiger partial charge in [0.25, 0.3) is 5.91 Å². The van der Waals surface area contributed by atoms with Crippen LogP contribution in [0.2, 0.25) is 0 Å². The number of nitrogens with one attached hydrogen (secondary N) is 1. The van der Waals surface area contributed by atoms with E-state index >= 15 is 0 Å². The summed E-state index contributed by atoms with van der Waals surface area (Å²) in [5, 5.41) is 5.88. The number of thiophene rings is 1. The lowest BCUT2D eigenvalue weighted by Crippen LogP contribution is -2.25. The van der Waals surface area contributed by atoms with Gasteiger partial charge in [-0.1, -0.05) is 0 Å². The van der Waals surface area contributed by atoms with Gasteiger partial charge in [0.2, 0.25) is 10.0 Å². The molecule has 0 aliphatic carbocycles. The number of hydrogen-bond acceptors (Lipinski definition) is 5. The molecule has 1 aromatic carbocycles. The van der Waals surface area contributed by atoms with Crippen LogP contribution < -0.4 is 9.73 Å². The lowest BCUT2D eigenvalue weighted by Gasteiger charge is -2.16. The molecule has 23 heavy (non-hydrogen) atoms. The maximum absolute atomic E-state index is 12.0. The number of carbonyl (C=O) groups excluding carboxylic acids is 1. The summed E-state index contributed by atoms with van der Waals surface area (Å²) in [5.41, 5.74) is 4.43. The average Bonchev–Trinajstić information content (AvgIpc) is 2.91. The van der Waals surface area contributed by atoms with Gasteiger partial charge in [0.1, 0.15) is 0 Å². The van der Waals surface area contributed by atoms with Crippen molar-refractivity contribution in [1.82, 2.24) is 5.43 Å². The molecule has 0 saturated carbocycles. The molecular weight excluding hydrogens is 334 g/mol. The molecule has 0 unspecified atom stereocenters. The molecule has 2 aromatic rings. The Morgan fingerprint density at radius 1 is 1.26 bits per heavy atom. The minimum atomic E-state index is -3.32. The highest BCUT2D eigenvalue weighted by atomic mass is 32.2. The van der Waals surface area contributed by atoms with E-state index in [-0.39, 0.29) is 5.91 Å². The number of sulfonamides is 1. The Labute approximate surface area is 139 Å². The second-order valence-corrected chi connectivity index (χ2v) is 7.91. The van der Waals surface area contributed by atoms with Gasteiger partial charge in [-0.25, -0.2) is 13.8 Å². The fourth-order valence-corrected chi connectivity index (χ4v) is 3.04. The van der Waals surface area contributed by atoms with E-state index in [0.717, 1.165) is 21.0 Å². The summed E-state index contributed by atoms with van der Waals surface area (Å²) in [6.07, 6.45) is 2.72. The van der Waals surface area contributed by atoms with Gasteiger partial charge in [0.15, 0.2) is 0 Å². The zero-order valence-electron chi connectivity index (χ0n) is 13.0. The van der Waals surface area contributed by atoms with E-state index < -0.39 is 10.0 Å². The van der Waals surface area contributed by atoms with Gasteiger partial charge in [0, 0.05) is 17.5 Å². The summed E-state index contributed by atoms with van der Waals surface area (Å²) >= 11 is 1.54. The van der Waals surface area contributed by atoms with Gasteiger partial charge in [-0.2, -0.15) is 5.10 Å². The molecule has 0 atom stereocenters. The number of hydrazone groups is 1. The molecule has 0 radical (unpaired) electrons. The molecule has 1 N–H and O–H groups in total. The number of hydrogen-bond donors (Lipinski definition) is 1. The normalized spacial score (nSPS) is 11.6. The first kappa shape index (κ1) is 17.2. The van der Waals surface area contributed by atoms with Crippen molar-refractivity contribution in [2.75, 3.05) is 17.6 Å². The quantitative estimate of drug-likeness (QED) is 0.663. The van der Waals surface area contributed by atoms with Crippen LogP contribution in [-0.2, 0) is 10.0 Å². The summed E-state index contributed by atoms with van der Waals surface area (Å²) < 4.78 is 24.1. The Hall–Kier alpha value is -2.19. The Balaban J connectivity index is 2.03. The Morgan fingerprint density at radius 2 is 1.91 bits per heavy atom. The van der Waals surface area contributed by atoms with Crippen molar-refractivity contribution in [3.8, 4) is 0 Å². The van der Waals surface area contributed by atoms with Crippen molar-refractivity contribution < 1.29 is 13.2 Å². The third kappa shape index (κ3) is 4.40. The summed E-state index contributed by atoms with van der Waals surface area (Å²) in [5.74, 6) is -0.357. The van der Waals surface area contributed by atoms with Crippen molar-refractivity contribution in [3.05, 3.63) is 51.7 Å². The van der Waals surface area contributed by atoms with Gasteiger partial charge in [-0.05, 0) is 48.2 Å². The minimum absolute atomic E-state index is 0.357. The van der Waals surface area contributed by atoms with Crippen LogP contribution in [0.25, 0.3) is 0 Å². The van der Waals surface area contributed by atoms with Crippen LogP contribution in [0, 0.1) is 6.92 Å². The third-order valence-electron chi connectivity index (χ3n) is 3.24. The van der Waals surface area contributed by atoms with Crippen LogP contribution in [0.15, 0.2) is 40.8 Å². The first-order valence-corrected chi connectivity index (χ1v) is 9.43. The smallest absolute Gasteiger partial charge is 0.271 e. The van der Waals surface area contributed by atoms with E-state index in [4.69, 9.17) is 0 Å². The SMILES string of the molecule is Cc1ccsc1/C=N\NC(=O)c1ccc(N(C)S(C)(=O)=O)cc1. The predicted molar refractivity (Wildman–Crippen MR) is 93.8 cm³/mol. The highest BCUT2D eigenvalue weighted by molar-refractivity contribution is 7.92. The van der Waals surface area contributed by atoms with Gasteiger partial charge >= 0.3 is 0 Å². The Kier molecular flexibility index (Phi) is 5.17. The first-order chi connectivity index (χ1) is 10.8. The zero-order chi connectivity index (χ0) is 17.0. The van der Waals surface area contributed by atoms with Gasteiger partial charge in [0.05, 0.1) is 18.2 Å². The van der Waals surface area contributed by atoms with E-state index in [1.807, 2.05) is 18.4 Å². The summed E-state index contributed by atoms with van der Waals surface area (Å²) in [4.78, 5) is 13.0. The molecule has 6 nitrogen and oxygen atoms in total. The van der Waals surface area contributed by atoms with Gasteiger partial charge in [-0.15, -0.1) is 11.3 Å². The van der Waals surface area contributed by atoms with E-state index in [1.165, 1.54) is 7.05 Å². The molecule has 0 aliphatic rings. The molecule has 2 rings (SSSR count). The molecule has 122 valence electrons. The Bertz CT molecular complexity index is 824. The standard InChI is InChI=1S/C15H17N3O3S2/c1-11-8-9-22-14(11)10-16-17-15(19)12-4-6-13(7-5-12)18(2)23(3,20)21/h4-10H,1-3H3,(H,17,19)/b16-10-. The number of anilines is 1. The highest BCUT2D eigenvalue weighted by Gasteiger charge is 2.12. The zero-order valence-corrected chi connectivity index (χ0v) is 14.6. The van der Waals surface area contributed by atoms with Crippen LogP contribution in [-0.4, -0.2) is 33.8 Å². The molecule has 1 heterocycles. The minimum Gasteiger partial charge on any atom is -0.274 e. The van der Waals surface area contributed by atoms with E-state index in [1.54, 1.807) is 41.8 Å². The number of amides is 1. The van der Waals surface area contributed by atoms with Gasteiger partial charge < -0.3 is 0 Å². The predicted octanol–water partition coefficient (Wildman–Crippen LogP) is 2.22. The molecule has 0 bridgehead atoms. The van der Waals surface area contributed by atoms with Crippen molar-refractivity contribution in [2.24, 2.45) is 5.10 Å². The average molecular weight is 351 g/mol. The van der Waals surface area contributed by atoms with Crippen molar-refractivity contribution in [1.29, 1.82) is 0 Å². The largest absolute Gasteiger partial charge is 0.274 e.